The van der Waals surface area contributed by atoms with Crippen molar-refractivity contribution in [2.45, 2.75) is 32.9 Å². The first kappa shape index (κ1) is 23.4. The fraction of sp³-hybridized carbons (Fsp3) is 0.714. The van der Waals surface area contributed by atoms with E-state index in [9.17, 15) is 13.2 Å². The number of aryl methyl sites for hydroxylation is 2. The minimum atomic E-state index is -4.27. The van der Waals surface area contributed by atoms with Gasteiger partial charge in [0.15, 0.2) is 5.96 Å². The molecule has 0 aromatic carbocycles. The Morgan fingerprint density at radius 1 is 1.25 bits per heavy atom. The molecule has 0 spiro atoms. The van der Waals surface area contributed by atoms with Crippen LogP contribution in [0.2, 0.25) is 0 Å². The van der Waals surface area contributed by atoms with E-state index in [-0.39, 0.29) is 30.6 Å². The third-order valence-corrected chi connectivity index (χ3v) is 4.08. The van der Waals surface area contributed by atoms with Crippen molar-refractivity contribution in [2.24, 2.45) is 4.99 Å². The summed E-state index contributed by atoms with van der Waals surface area (Å²) in [6.07, 6.45) is -2.99. The summed E-state index contributed by atoms with van der Waals surface area (Å²) < 4.78 is 40.2. The Balaban J connectivity index is 0.00000529. The molecule has 0 amide bonds. The van der Waals surface area contributed by atoms with E-state index in [1.54, 1.807) is 18.4 Å². The first-order chi connectivity index (χ1) is 10.8. The Morgan fingerprint density at radius 2 is 1.92 bits per heavy atom. The van der Waals surface area contributed by atoms with Crippen LogP contribution in [0.3, 0.4) is 0 Å². The molecule has 0 atom stereocenters. The van der Waals surface area contributed by atoms with Gasteiger partial charge in [0.1, 0.15) is 6.61 Å². The largest absolute Gasteiger partial charge is 0.411 e. The van der Waals surface area contributed by atoms with Crippen molar-refractivity contribution >= 4 is 41.3 Å². The van der Waals surface area contributed by atoms with E-state index in [0.29, 0.717) is 25.5 Å². The van der Waals surface area contributed by atoms with Crippen LogP contribution in [0.1, 0.15) is 22.0 Å². The summed E-state index contributed by atoms with van der Waals surface area (Å²) in [4.78, 5) is 9.74. The van der Waals surface area contributed by atoms with Gasteiger partial charge in [0.25, 0.3) is 0 Å². The van der Waals surface area contributed by atoms with Crippen molar-refractivity contribution in [3.63, 3.8) is 0 Å². The highest BCUT2D eigenvalue weighted by atomic mass is 127. The summed E-state index contributed by atoms with van der Waals surface area (Å²) in [5, 5.41) is 7.25. The zero-order valence-electron chi connectivity index (χ0n) is 14.0. The van der Waals surface area contributed by atoms with Crippen LogP contribution in [0.5, 0.6) is 0 Å². The molecule has 2 N–H and O–H groups in total. The van der Waals surface area contributed by atoms with Crippen molar-refractivity contribution < 1.29 is 17.9 Å². The number of aromatic nitrogens is 1. The quantitative estimate of drug-likeness (QED) is 0.260. The van der Waals surface area contributed by atoms with Crippen molar-refractivity contribution in [3.8, 4) is 0 Å². The summed E-state index contributed by atoms with van der Waals surface area (Å²) in [6.45, 7) is 4.08. The van der Waals surface area contributed by atoms with Gasteiger partial charge in [-0.3, -0.25) is 4.99 Å². The lowest BCUT2D eigenvalue weighted by molar-refractivity contribution is -0.173. The van der Waals surface area contributed by atoms with Gasteiger partial charge in [-0.25, -0.2) is 4.98 Å². The minimum Gasteiger partial charge on any atom is -0.372 e. The summed E-state index contributed by atoms with van der Waals surface area (Å²) in [5.41, 5.74) is 1.06. The number of ether oxygens (including phenoxy) is 1. The number of nitrogens with zero attached hydrogens (tertiary/aromatic N) is 2. The van der Waals surface area contributed by atoms with Gasteiger partial charge in [-0.05, 0) is 20.3 Å². The number of hydrogen-bond donors (Lipinski definition) is 2. The van der Waals surface area contributed by atoms with E-state index >= 15 is 0 Å². The highest BCUT2D eigenvalue weighted by Gasteiger charge is 2.27. The highest BCUT2D eigenvalue weighted by molar-refractivity contribution is 14.0. The van der Waals surface area contributed by atoms with Crippen LogP contribution < -0.4 is 10.6 Å². The van der Waals surface area contributed by atoms with E-state index < -0.39 is 12.8 Å². The maximum atomic E-state index is 11.9. The summed E-state index contributed by atoms with van der Waals surface area (Å²) in [7, 11) is 1.65. The van der Waals surface area contributed by atoms with E-state index in [4.69, 9.17) is 0 Å². The maximum absolute atomic E-state index is 11.9. The Kier molecular flexibility index (Phi) is 11.5. The number of guanidine groups is 1. The molecule has 24 heavy (non-hydrogen) atoms. The Hall–Kier alpha value is -0.620. The monoisotopic (exact) mass is 480 g/mol. The van der Waals surface area contributed by atoms with Crippen molar-refractivity contribution in [1.82, 2.24) is 15.6 Å². The number of alkyl halides is 3. The molecule has 0 unspecified atom stereocenters. The number of nitrogens with one attached hydrogen (secondary N) is 2. The zero-order valence-corrected chi connectivity index (χ0v) is 17.1. The molecule has 0 radical (unpaired) electrons. The van der Waals surface area contributed by atoms with Gasteiger partial charge in [0.05, 0.1) is 10.7 Å². The molecule has 5 nitrogen and oxygen atoms in total. The smallest absolute Gasteiger partial charge is 0.372 e. The molecule has 1 rings (SSSR count). The molecule has 0 aliphatic carbocycles. The van der Waals surface area contributed by atoms with Gasteiger partial charge >= 0.3 is 6.18 Å². The topological polar surface area (TPSA) is 58.5 Å². The van der Waals surface area contributed by atoms with Gasteiger partial charge in [-0.15, -0.1) is 35.3 Å². The molecule has 0 bridgehead atoms. The fourth-order valence-corrected chi connectivity index (χ4v) is 2.66. The molecular weight excluding hydrogens is 456 g/mol. The normalized spacial score (nSPS) is 12.0. The summed E-state index contributed by atoms with van der Waals surface area (Å²) >= 11 is 1.68. The van der Waals surface area contributed by atoms with Gasteiger partial charge in [-0.2, -0.15) is 13.2 Å². The third-order valence-electron chi connectivity index (χ3n) is 2.95. The second-order valence-electron chi connectivity index (χ2n) is 4.95. The summed E-state index contributed by atoms with van der Waals surface area (Å²) in [5.74, 6) is 0.617. The van der Waals surface area contributed by atoms with Crippen LogP contribution in [0, 0.1) is 13.8 Å². The van der Waals surface area contributed by atoms with Crippen LogP contribution in [0.25, 0.3) is 0 Å². The second-order valence-corrected chi connectivity index (χ2v) is 6.23. The van der Waals surface area contributed by atoms with Crippen molar-refractivity contribution in [1.29, 1.82) is 0 Å². The molecule has 140 valence electrons. The lowest BCUT2D eigenvalue weighted by atomic mass is 10.4. The van der Waals surface area contributed by atoms with Crippen LogP contribution in [0.4, 0.5) is 13.2 Å². The highest BCUT2D eigenvalue weighted by Crippen LogP contribution is 2.16. The standard InChI is InChI=1S/C14H23F3N4OS.HI/c1-10-11(2)23-12(21-10)5-7-20-13(18-3)19-6-4-8-22-9-14(15,16)17;/h4-9H2,1-3H3,(H2,18,19,20);1H. The number of hydrogen-bond acceptors (Lipinski definition) is 4. The molecular formula is C14H24F3IN4OS. The Bertz CT molecular complexity index is 489. The third kappa shape index (κ3) is 10.3. The number of thiazole rings is 1. The molecule has 10 heteroatoms. The molecule has 1 aromatic rings. The lowest BCUT2D eigenvalue weighted by Gasteiger charge is -2.12. The predicted molar refractivity (Wildman–Crippen MR) is 102 cm³/mol. The fourth-order valence-electron chi connectivity index (χ4n) is 1.72. The number of halogens is 4. The number of rotatable bonds is 8. The molecule has 1 aromatic heterocycles. The predicted octanol–water partition coefficient (Wildman–Crippen LogP) is 3.05. The van der Waals surface area contributed by atoms with Gasteiger partial charge < -0.3 is 15.4 Å². The van der Waals surface area contributed by atoms with E-state index in [1.807, 2.05) is 13.8 Å². The molecule has 0 aliphatic rings. The Labute approximate surface area is 161 Å². The van der Waals surface area contributed by atoms with Crippen molar-refractivity contribution in [3.05, 3.63) is 15.6 Å². The Morgan fingerprint density at radius 3 is 2.46 bits per heavy atom. The van der Waals surface area contributed by atoms with Gasteiger partial charge in [0.2, 0.25) is 0 Å². The first-order valence-electron chi connectivity index (χ1n) is 7.33. The maximum Gasteiger partial charge on any atom is 0.411 e. The molecule has 0 aliphatic heterocycles. The van der Waals surface area contributed by atoms with E-state index in [1.165, 1.54) is 4.88 Å². The lowest BCUT2D eigenvalue weighted by Crippen LogP contribution is -2.39. The van der Waals surface area contributed by atoms with Crippen molar-refractivity contribution in [2.75, 3.05) is 33.4 Å². The number of aliphatic imine (C=N–C) groups is 1. The van der Waals surface area contributed by atoms with Gasteiger partial charge in [0, 0.05) is 38.0 Å². The molecule has 0 saturated heterocycles. The summed E-state index contributed by atoms with van der Waals surface area (Å²) in [6, 6.07) is 0. The van der Waals surface area contributed by atoms with Crippen LogP contribution in [-0.4, -0.2) is 50.5 Å². The van der Waals surface area contributed by atoms with Crippen LogP contribution in [0.15, 0.2) is 4.99 Å². The second kappa shape index (κ2) is 11.9. The molecule has 0 fully saturated rings. The first-order valence-corrected chi connectivity index (χ1v) is 8.15. The van der Waals surface area contributed by atoms with E-state index in [2.05, 4.69) is 25.3 Å². The molecule has 1 heterocycles. The molecule has 0 saturated carbocycles. The zero-order chi connectivity index (χ0) is 17.3. The minimum absolute atomic E-state index is 0. The SMILES string of the molecule is CN=C(NCCCOCC(F)(F)F)NCCc1nc(C)c(C)s1.I. The average Bonchev–Trinajstić information content (AvgIpc) is 2.78. The van der Waals surface area contributed by atoms with E-state index in [0.717, 1.165) is 17.1 Å². The van der Waals surface area contributed by atoms with Crippen LogP contribution in [-0.2, 0) is 11.2 Å². The average molecular weight is 480 g/mol. The van der Waals surface area contributed by atoms with Crippen LogP contribution >= 0.6 is 35.3 Å². The van der Waals surface area contributed by atoms with Gasteiger partial charge in [-0.1, -0.05) is 0 Å².